The molecule has 1 aromatic carbocycles. The van der Waals surface area contributed by atoms with E-state index in [1.807, 2.05) is 0 Å². The molecule has 2 aromatic rings. The highest BCUT2D eigenvalue weighted by molar-refractivity contribution is 5.95. The van der Waals surface area contributed by atoms with Gasteiger partial charge in [-0.1, -0.05) is 6.07 Å². The number of hydrogen-bond donors (Lipinski definition) is 0. The molecule has 0 atom stereocenters. The molecule has 1 amide bonds. The van der Waals surface area contributed by atoms with Gasteiger partial charge in [0.15, 0.2) is 12.0 Å². The minimum atomic E-state index is -0.576. The second-order valence-electron chi connectivity index (χ2n) is 5.01. The number of aldehydes is 1. The Morgan fingerprint density at radius 2 is 1.95 bits per heavy atom. The summed E-state index contributed by atoms with van der Waals surface area (Å²) in [5.41, 5.74) is 0.571. The third kappa shape index (κ3) is 2.59. The highest BCUT2D eigenvalue weighted by atomic mass is 19.1. The Bertz CT molecular complexity index is 687. The predicted octanol–water partition coefficient (Wildman–Crippen LogP) is 3.13. The van der Waals surface area contributed by atoms with Crippen molar-refractivity contribution >= 4 is 12.2 Å². The van der Waals surface area contributed by atoms with Gasteiger partial charge < -0.3 is 9.32 Å². The Kier molecular flexibility index (Phi) is 3.56. The van der Waals surface area contributed by atoms with Crippen LogP contribution >= 0.6 is 0 Å². The van der Waals surface area contributed by atoms with Crippen LogP contribution in [0, 0.1) is 5.82 Å². The fourth-order valence-corrected chi connectivity index (χ4v) is 2.50. The molecule has 5 heteroatoms. The van der Waals surface area contributed by atoms with E-state index in [1.54, 1.807) is 17.0 Å². The van der Waals surface area contributed by atoms with Crippen LogP contribution in [-0.4, -0.2) is 30.2 Å². The molecule has 4 nitrogen and oxygen atoms in total. The molecule has 1 aliphatic heterocycles. The molecule has 1 aliphatic rings. The van der Waals surface area contributed by atoms with E-state index in [2.05, 4.69) is 0 Å². The van der Waals surface area contributed by atoms with Gasteiger partial charge in [-0.25, -0.2) is 4.39 Å². The summed E-state index contributed by atoms with van der Waals surface area (Å²) in [4.78, 5) is 24.4. The van der Waals surface area contributed by atoms with Crippen LogP contribution in [0.2, 0.25) is 0 Å². The summed E-state index contributed by atoms with van der Waals surface area (Å²) in [6.07, 6.45) is 2.52. The highest BCUT2D eigenvalue weighted by Gasteiger charge is 2.22. The van der Waals surface area contributed by atoms with Crippen LogP contribution in [0.25, 0.3) is 11.3 Å². The normalized spacial score (nSPS) is 14.4. The van der Waals surface area contributed by atoms with Crippen molar-refractivity contribution in [1.29, 1.82) is 0 Å². The van der Waals surface area contributed by atoms with E-state index >= 15 is 0 Å². The van der Waals surface area contributed by atoms with Gasteiger partial charge in [-0.15, -0.1) is 0 Å². The first-order valence-corrected chi connectivity index (χ1v) is 6.83. The maximum atomic E-state index is 14.2. The summed E-state index contributed by atoms with van der Waals surface area (Å²) >= 11 is 0. The van der Waals surface area contributed by atoms with Gasteiger partial charge in [0.05, 0.1) is 5.56 Å². The van der Waals surface area contributed by atoms with Crippen LogP contribution in [-0.2, 0) is 0 Å². The lowest BCUT2D eigenvalue weighted by Gasteiger charge is -2.15. The third-order valence-corrected chi connectivity index (χ3v) is 3.62. The van der Waals surface area contributed by atoms with Gasteiger partial charge in [0.2, 0.25) is 0 Å². The van der Waals surface area contributed by atoms with E-state index in [0.29, 0.717) is 30.7 Å². The Morgan fingerprint density at radius 3 is 2.57 bits per heavy atom. The first kappa shape index (κ1) is 13.5. The molecule has 0 saturated carbocycles. The zero-order chi connectivity index (χ0) is 14.8. The average Bonchev–Trinajstić information content (AvgIpc) is 3.17. The first-order valence-electron chi connectivity index (χ1n) is 6.83. The molecule has 21 heavy (non-hydrogen) atoms. The molecule has 0 spiro atoms. The smallest absolute Gasteiger partial charge is 0.256 e. The second-order valence-corrected chi connectivity index (χ2v) is 5.01. The van der Waals surface area contributed by atoms with Gasteiger partial charge in [0.25, 0.3) is 5.91 Å². The molecule has 0 radical (unpaired) electrons. The van der Waals surface area contributed by atoms with Crippen LogP contribution in [0.3, 0.4) is 0 Å². The molecular formula is C16H14FNO3. The summed E-state index contributed by atoms with van der Waals surface area (Å²) in [5, 5.41) is 0. The number of furan rings is 1. The van der Waals surface area contributed by atoms with Crippen molar-refractivity contribution in [3.05, 3.63) is 47.5 Å². The zero-order valence-electron chi connectivity index (χ0n) is 11.3. The van der Waals surface area contributed by atoms with Crippen molar-refractivity contribution in [2.45, 2.75) is 12.8 Å². The largest absolute Gasteiger partial charge is 0.453 e. The molecule has 0 N–H and O–H groups in total. The van der Waals surface area contributed by atoms with Crippen LogP contribution in [0.4, 0.5) is 4.39 Å². The fraction of sp³-hybridized carbons (Fsp3) is 0.250. The molecule has 1 aromatic heterocycles. The number of benzene rings is 1. The van der Waals surface area contributed by atoms with E-state index in [-0.39, 0.29) is 17.2 Å². The summed E-state index contributed by atoms with van der Waals surface area (Å²) in [6, 6.07) is 7.47. The Labute approximate surface area is 121 Å². The van der Waals surface area contributed by atoms with E-state index in [1.165, 1.54) is 18.2 Å². The summed E-state index contributed by atoms with van der Waals surface area (Å²) in [7, 11) is 0. The molecule has 2 heterocycles. The lowest BCUT2D eigenvalue weighted by Crippen LogP contribution is -2.28. The van der Waals surface area contributed by atoms with Crippen molar-refractivity contribution in [2.75, 3.05) is 13.1 Å². The standard InChI is InChI=1S/C16H14FNO3/c17-14-9-11(15-6-4-12(10-19)21-15)3-5-13(14)16(20)18-7-1-2-8-18/h3-6,9-10H,1-2,7-8H2. The van der Waals surface area contributed by atoms with Crippen molar-refractivity contribution in [1.82, 2.24) is 4.90 Å². The number of rotatable bonds is 3. The number of nitrogens with zero attached hydrogens (tertiary/aromatic N) is 1. The van der Waals surface area contributed by atoms with Gasteiger partial charge in [0, 0.05) is 18.7 Å². The van der Waals surface area contributed by atoms with E-state index < -0.39 is 5.82 Å². The van der Waals surface area contributed by atoms with E-state index in [9.17, 15) is 14.0 Å². The summed E-state index contributed by atoms with van der Waals surface area (Å²) in [5.74, 6) is -0.267. The van der Waals surface area contributed by atoms with Gasteiger partial charge in [-0.2, -0.15) is 0 Å². The van der Waals surface area contributed by atoms with Crippen molar-refractivity contribution < 1.29 is 18.4 Å². The second kappa shape index (κ2) is 5.52. The number of carbonyl (C=O) groups excluding carboxylic acids is 2. The molecule has 1 saturated heterocycles. The first-order chi connectivity index (χ1) is 10.2. The number of likely N-dealkylation sites (tertiary alicyclic amines) is 1. The van der Waals surface area contributed by atoms with Crippen molar-refractivity contribution in [2.24, 2.45) is 0 Å². The minimum Gasteiger partial charge on any atom is -0.453 e. The lowest BCUT2D eigenvalue weighted by atomic mass is 10.1. The number of hydrogen-bond acceptors (Lipinski definition) is 3. The third-order valence-electron chi connectivity index (χ3n) is 3.62. The zero-order valence-corrected chi connectivity index (χ0v) is 11.3. The van der Waals surface area contributed by atoms with Crippen LogP contribution in [0.5, 0.6) is 0 Å². The average molecular weight is 287 g/mol. The van der Waals surface area contributed by atoms with E-state index in [0.717, 1.165) is 12.8 Å². The predicted molar refractivity (Wildman–Crippen MR) is 74.6 cm³/mol. The fourth-order valence-electron chi connectivity index (χ4n) is 2.50. The lowest BCUT2D eigenvalue weighted by molar-refractivity contribution is 0.0788. The highest BCUT2D eigenvalue weighted by Crippen LogP contribution is 2.25. The van der Waals surface area contributed by atoms with Gasteiger partial charge in [0.1, 0.15) is 11.6 Å². The maximum Gasteiger partial charge on any atom is 0.256 e. The number of halogens is 1. The molecule has 108 valence electrons. The monoisotopic (exact) mass is 287 g/mol. The molecule has 0 unspecified atom stereocenters. The van der Waals surface area contributed by atoms with Crippen LogP contribution in [0.1, 0.15) is 33.8 Å². The topological polar surface area (TPSA) is 50.5 Å². The SMILES string of the molecule is O=Cc1ccc(-c2ccc(C(=O)N3CCCC3)c(F)c2)o1. The summed E-state index contributed by atoms with van der Waals surface area (Å²) in [6.45, 7) is 1.36. The van der Waals surface area contributed by atoms with Gasteiger partial charge >= 0.3 is 0 Å². The quantitative estimate of drug-likeness (QED) is 0.815. The van der Waals surface area contributed by atoms with Gasteiger partial charge in [-0.05, 0) is 37.1 Å². The van der Waals surface area contributed by atoms with Crippen LogP contribution < -0.4 is 0 Å². The number of carbonyl (C=O) groups is 2. The van der Waals surface area contributed by atoms with Crippen LogP contribution in [0.15, 0.2) is 34.7 Å². The maximum absolute atomic E-state index is 14.2. The summed E-state index contributed by atoms with van der Waals surface area (Å²) < 4.78 is 19.4. The Morgan fingerprint density at radius 1 is 1.19 bits per heavy atom. The van der Waals surface area contributed by atoms with E-state index in [4.69, 9.17) is 4.42 Å². The molecule has 1 fully saturated rings. The molecule has 0 aliphatic carbocycles. The number of amides is 1. The van der Waals surface area contributed by atoms with Crippen molar-refractivity contribution in [3.8, 4) is 11.3 Å². The molecular weight excluding hydrogens is 273 g/mol. The Balaban J connectivity index is 1.88. The van der Waals surface area contributed by atoms with Gasteiger partial charge in [-0.3, -0.25) is 9.59 Å². The Hall–Kier alpha value is -2.43. The molecule has 3 rings (SSSR count). The molecule has 0 bridgehead atoms. The van der Waals surface area contributed by atoms with Crippen molar-refractivity contribution in [3.63, 3.8) is 0 Å². The minimum absolute atomic E-state index is 0.0721.